The third-order valence-corrected chi connectivity index (χ3v) is 3.40. The summed E-state index contributed by atoms with van der Waals surface area (Å²) in [6.45, 7) is 6.26. The number of amides is 4. The Labute approximate surface area is 125 Å². The van der Waals surface area contributed by atoms with E-state index in [1.165, 1.54) is 0 Å². The van der Waals surface area contributed by atoms with Crippen molar-refractivity contribution in [1.29, 1.82) is 0 Å². The number of hydrogen-bond donors (Lipinski definition) is 4. The number of rotatable bonds is 8. The van der Waals surface area contributed by atoms with E-state index in [1.54, 1.807) is 6.92 Å². The maximum absolute atomic E-state index is 11.7. The molecule has 4 N–H and O–H groups in total. The minimum Gasteiger partial charge on any atom is -0.354 e. The summed E-state index contributed by atoms with van der Waals surface area (Å²) in [7, 11) is 0. The van der Waals surface area contributed by atoms with Crippen LogP contribution in [0.4, 0.5) is 4.79 Å². The van der Waals surface area contributed by atoms with Gasteiger partial charge in [0.25, 0.3) is 0 Å². The fraction of sp³-hybridized carbons (Fsp3) is 0.786. The number of carbonyl (C=O) groups excluding carboxylic acids is 3. The van der Waals surface area contributed by atoms with E-state index in [0.29, 0.717) is 13.1 Å². The predicted octanol–water partition coefficient (Wildman–Crippen LogP) is 0.115. The summed E-state index contributed by atoms with van der Waals surface area (Å²) in [6, 6.07) is -0.926. The Morgan fingerprint density at radius 1 is 1.05 bits per heavy atom. The lowest BCUT2D eigenvalue weighted by Crippen LogP contribution is -2.50. The van der Waals surface area contributed by atoms with Crippen LogP contribution >= 0.6 is 0 Å². The van der Waals surface area contributed by atoms with Crippen LogP contribution in [0.15, 0.2) is 0 Å². The van der Waals surface area contributed by atoms with Gasteiger partial charge in [0.2, 0.25) is 11.8 Å². The number of urea groups is 1. The van der Waals surface area contributed by atoms with Gasteiger partial charge in [-0.1, -0.05) is 6.92 Å². The number of hydrogen-bond acceptors (Lipinski definition) is 3. The summed E-state index contributed by atoms with van der Waals surface area (Å²) >= 11 is 0. The van der Waals surface area contributed by atoms with Gasteiger partial charge in [-0.3, -0.25) is 9.59 Å². The molecule has 1 aliphatic rings. The largest absolute Gasteiger partial charge is 0.354 e. The number of nitrogens with one attached hydrogen (secondary N) is 4. The Balaban J connectivity index is 2.11. The first-order valence-corrected chi connectivity index (χ1v) is 7.56. The Hall–Kier alpha value is -1.79. The van der Waals surface area contributed by atoms with Crippen LogP contribution in [-0.2, 0) is 9.59 Å². The molecule has 0 saturated heterocycles. The van der Waals surface area contributed by atoms with E-state index in [1.807, 2.05) is 13.8 Å². The van der Waals surface area contributed by atoms with Gasteiger partial charge in [0, 0.05) is 25.0 Å². The van der Waals surface area contributed by atoms with Crippen molar-refractivity contribution >= 4 is 17.8 Å². The van der Waals surface area contributed by atoms with Crippen molar-refractivity contribution in [2.24, 2.45) is 5.92 Å². The third-order valence-electron chi connectivity index (χ3n) is 3.40. The summed E-state index contributed by atoms with van der Waals surface area (Å²) in [5, 5.41) is 10.7. The van der Waals surface area contributed by atoms with Crippen molar-refractivity contribution < 1.29 is 14.4 Å². The molecule has 0 aromatic carbocycles. The summed E-state index contributed by atoms with van der Waals surface area (Å²) < 4.78 is 0. The Kier molecular flexibility index (Phi) is 6.98. The van der Waals surface area contributed by atoms with Gasteiger partial charge >= 0.3 is 6.03 Å². The molecule has 1 aliphatic carbocycles. The molecule has 0 spiro atoms. The van der Waals surface area contributed by atoms with Crippen molar-refractivity contribution in [1.82, 2.24) is 21.3 Å². The number of carbonyl (C=O) groups is 3. The van der Waals surface area contributed by atoms with E-state index in [-0.39, 0.29) is 23.8 Å². The molecule has 1 rings (SSSR count). The maximum atomic E-state index is 11.7. The molecule has 2 atom stereocenters. The first kappa shape index (κ1) is 17.3. The van der Waals surface area contributed by atoms with Crippen molar-refractivity contribution in [2.45, 2.75) is 52.1 Å². The van der Waals surface area contributed by atoms with Gasteiger partial charge in [0.15, 0.2) is 0 Å². The molecule has 0 heterocycles. The molecular formula is C14H26N4O3. The average Bonchev–Trinajstić information content (AvgIpc) is 3.27. The molecule has 0 unspecified atom stereocenters. The molecule has 120 valence electrons. The molecule has 0 aliphatic heterocycles. The van der Waals surface area contributed by atoms with Crippen LogP contribution in [-0.4, -0.2) is 43.0 Å². The first-order chi connectivity index (χ1) is 9.93. The van der Waals surface area contributed by atoms with Gasteiger partial charge in [-0.15, -0.1) is 0 Å². The fourth-order valence-electron chi connectivity index (χ4n) is 1.63. The molecule has 7 nitrogen and oxygen atoms in total. The average molecular weight is 298 g/mol. The smallest absolute Gasteiger partial charge is 0.315 e. The lowest BCUT2D eigenvalue weighted by molar-refractivity contribution is -0.123. The second kappa shape index (κ2) is 8.49. The molecule has 21 heavy (non-hydrogen) atoms. The quantitative estimate of drug-likeness (QED) is 0.479. The predicted molar refractivity (Wildman–Crippen MR) is 79.6 cm³/mol. The molecule has 0 aromatic heterocycles. The van der Waals surface area contributed by atoms with Crippen molar-refractivity contribution in [3.05, 3.63) is 0 Å². The van der Waals surface area contributed by atoms with Crippen LogP contribution in [0, 0.1) is 5.92 Å². The molecule has 1 fully saturated rings. The summed E-state index contributed by atoms with van der Waals surface area (Å²) in [5.74, 6) is 0.0168. The molecule has 0 radical (unpaired) electrons. The van der Waals surface area contributed by atoms with Crippen LogP contribution in [0.1, 0.15) is 40.0 Å². The zero-order valence-corrected chi connectivity index (χ0v) is 13.0. The molecule has 1 saturated carbocycles. The molecule has 7 heteroatoms. The van der Waals surface area contributed by atoms with Gasteiger partial charge in [-0.05, 0) is 33.1 Å². The fourth-order valence-corrected chi connectivity index (χ4v) is 1.63. The molecule has 4 amide bonds. The zero-order chi connectivity index (χ0) is 15.8. The Morgan fingerprint density at radius 3 is 2.24 bits per heavy atom. The SMILES string of the molecule is CC[C@@H](C)NC(=O)[C@H](C)NC(=O)NCCNC(=O)C1CC1. The zero-order valence-electron chi connectivity index (χ0n) is 13.0. The van der Waals surface area contributed by atoms with Crippen LogP contribution < -0.4 is 21.3 Å². The Bertz CT molecular complexity index is 382. The second-order valence-corrected chi connectivity index (χ2v) is 5.51. The topological polar surface area (TPSA) is 99.3 Å². The Morgan fingerprint density at radius 2 is 1.67 bits per heavy atom. The van der Waals surface area contributed by atoms with Gasteiger partial charge in [0.1, 0.15) is 6.04 Å². The van der Waals surface area contributed by atoms with Crippen LogP contribution in [0.5, 0.6) is 0 Å². The van der Waals surface area contributed by atoms with E-state index < -0.39 is 12.1 Å². The maximum Gasteiger partial charge on any atom is 0.315 e. The van der Waals surface area contributed by atoms with E-state index in [0.717, 1.165) is 19.3 Å². The van der Waals surface area contributed by atoms with E-state index in [9.17, 15) is 14.4 Å². The second-order valence-electron chi connectivity index (χ2n) is 5.51. The van der Waals surface area contributed by atoms with Gasteiger partial charge in [0.05, 0.1) is 0 Å². The minimum absolute atomic E-state index is 0.0542. The van der Waals surface area contributed by atoms with Gasteiger partial charge < -0.3 is 21.3 Å². The first-order valence-electron chi connectivity index (χ1n) is 7.56. The summed E-state index contributed by atoms with van der Waals surface area (Å²) in [4.78, 5) is 34.7. The van der Waals surface area contributed by atoms with Crippen molar-refractivity contribution in [3.63, 3.8) is 0 Å². The molecule has 0 bridgehead atoms. The highest BCUT2D eigenvalue weighted by Gasteiger charge is 2.29. The van der Waals surface area contributed by atoms with Gasteiger partial charge in [-0.2, -0.15) is 0 Å². The molecule has 0 aromatic rings. The highest BCUT2D eigenvalue weighted by Crippen LogP contribution is 2.28. The highest BCUT2D eigenvalue weighted by molar-refractivity contribution is 5.86. The van der Waals surface area contributed by atoms with Crippen LogP contribution in [0.3, 0.4) is 0 Å². The minimum atomic E-state index is -0.597. The van der Waals surface area contributed by atoms with E-state index in [2.05, 4.69) is 21.3 Å². The lowest BCUT2D eigenvalue weighted by Gasteiger charge is -2.17. The monoisotopic (exact) mass is 298 g/mol. The van der Waals surface area contributed by atoms with Crippen molar-refractivity contribution in [3.8, 4) is 0 Å². The standard InChI is InChI=1S/C14H26N4O3/c1-4-9(2)17-12(19)10(3)18-14(21)16-8-7-15-13(20)11-5-6-11/h9-11H,4-8H2,1-3H3,(H,15,20)(H,17,19)(H2,16,18,21)/t9-,10+/m1/s1. The third kappa shape index (κ3) is 6.97. The van der Waals surface area contributed by atoms with Gasteiger partial charge in [-0.25, -0.2) is 4.79 Å². The van der Waals surface area contributed by atoms with Crippen molar-refractivity contribution in [2.75, 3.05) is 13.1 Å². The van der Waals surface area contributed by atoms with E-state index in [4.69, 9.17) is 0 Å². The summed E-state index contributed by atoms with van der Waals surface area (Å²) in [5.41, 5.74) is 0. The lowest BCUT2D eigenvalue weighted by atomic mass is 10.2. The van der Waals surface area contributed by atoms with Crippen LogP contribution in [0.2, 0.25) is 0 Å². The van der Waals surface area contributed by atoms with Crippen LogP contribution in [0.25, 0.3) is 0 Å². The summed E-state index contributed by atoms with van der Waals surface area (Å²) in [6.07, 6.45) is 2.76. The molecular weight excluding hydrogens is 272 g/mol. The normalized spacial score (nSPS) is 16.5. The van der Waals surface area contributed by atoms with E-state index >= 15 is 0 Å². The highest BCUT2D eigenvalue weighted by atomic mass is 16.2.